The second-order valence-corrected chi connectivity index (χ2v) is 7.44. The molecule has 0 bridgehead atoms. The molecule has 4 heteroatoms. The van der Waals surface area contributed by atoms with Crippen molar-refractivity contribution in [3.05, 3.63) is 0 Å². The lowest BCUT2D eigenvalue weighted by Gasteiger charge is -2.40. The van der Waals surface area contributed by atoms with E-state index in [0.717, 1.165) is 25.3 Å². The summed E-state index contributed by atoms with van der Waals surface area (Å²) in [6.07, 6.45) is 4.74. The summed E-state index contributed by atoms with van der Waals surface area (Å²) in [4.78, 5) is 4.91. The van der Waals surface area contributed by atoms with Crippen LogP contribution in [0.3, 0.4) is 0 Å². The standard InChI is InChI=1S/C17H37N3O/c1-6-9-18-17(3,14-21)12-15(2)20-10-7-16(8-11-20)13-19(4)5/h15-16,18,21H,6-14H2,1-5H3. The van der Waals surface area contributed by atoms with E-state index in [1.807, 2.05) is 0 Å². The van der Waals surface area contributed by atoms with Crippen molar-refractivity contribution in [3.8, 4) is 0 Å². The lowest BCUT2D eigenvalue weighted by molar-refractivity contribution is 0.0850. The monoisotopic (exact) mass is 299 g/mol. The Bertz CT molecular complexity index is 277. The minimum absolute atomic E-state index is 0.143. The van der Waals surface area contributed by atoms with E-state index in [-0.39, 0.29) is 12.1 Å². The first-order valence-electron chi connectivity index (χ1n) is 8.65. The van der Waals surface area contributed by atoms with Gasteiger partial charge in [-0.2, -0.15) is 0 Å². The highest BCUT2D eigenvalue weighted by Gasteiger charge is 2.29. The zero-order chi connectivity index (χ0) is 15.9. The largest absolute Gasteiger partial charge is 0.394 e. The maximum absolute atomic E-state index is 9.71. The number of rotatable bonds is 9. The van der Waals surface area contributed by atoms with Gasteiger partial charge in [0.1, 0.15) is 0 Å². The number of aliphatic hydroxyl groups excluding tert-OH is 1. The van der Waals surface area contributed by atoms with E-state index in [9.17, 15) is 5.11 Å². The van der Waals surface area contributed by atoms with Gasteiger partial charge in [0.2, 0.25) is 0 Å². The van der Waals surface area contributed by atoms with Gasteiger partial charge in [-0.05, 0) is 79.2 Å². The molecule has 0 radical (unpaired) electrons. The Labute approximate surface area is 131 Å². The molecule has 4 nitrogen and oxygen atoms in total. The minimum atomic E-state index is -0.143. The van der Waals surface area contributed by atoms with Crippen LogP contribution in [0.1, 0.15) is 46.5 Å². The van der Waals surface area contributed by atoms with E-state index in [4.69, 9.17) is 0 Å². The van der Waals surface area contributed by atoms with Crippen LogP contribution in [-0.4, -0.2) is 73.4 Å². The third-order valence-corrected chi connectivity index (χ3v) is 4.79. The smallest absolute Gasteiger partial charge is 0.0611 e. The van der Waals surface area contributed by atoms with E-state index in [1.54, 1.807) is 0 Å². The molecule has 0 aromatic rings. The summed E-state index contributed by atoms with van der Waals surface area (Å²) in [5.74, 6) is 0.853. The van der Waals surface area contributed by atoms with Crippen LogP contribution in [0.2, 0.25) is 0 Å². The fraction of sp³-hybridized carbons (Fsp3) is 1.00. The molecule has 1 saturated heterocycles. The highest BCUT2D eigenvalue weighted by molar-refractivity contribution is 4.88. The number of hydrogen-bond donors (Lipinski definition) is 2. The first-order valence-corrected chi connectivity index (χ1v) is 8.65. The molecule has 0 spiro atoms. The molecule has 126 valence electrons. The summed E-state index contributed by atoms with van der Waals surface area (Å²) in [6.45, 7) is 11.5. The van der Waals surface area contributed by atoms with E-state index < -0.39 is 0 Å². The molecule has 1 fully saturated rings. The van der Waals surface area contributed by atoms with Gasteiger partial charge in [-0.1, -0.05) is 6.92 Å². The molecular formula is C17H37N3O. The van der Waals surface area contributed by atoms with Crippen LogP contribution in [0.5, 0.6) is 0 Å². The van der Waals surface area contributed by atoms with Gasteiger partial charge in [-0.15, -0.1) is 0 Å². The Morgan fingerprint density at radius 3 is 2.43 bits per heavy atom. The average molecular weight is 300 g/mol. The average Bonchev–Trinajstić information content (AvgIpc) is 2.45. The number of nitrogens with one attached hydrogen (secondary N) is 1. The van der Waals surface area contributed by atoms with E-state index in [0.29, 0.717) is 6.04 Å². The van der Waals surface area contributed by atoms with Crippen molar-refractivity contribution in [2.45, 2.75) is 58.0 Å². The van der Waals surface area contributed by atoms with Gasteiger partial charge in [0.25, 0.3) is 0 Å². The van der Waals surface area contributed by atoms with Crippen LogP contribution in [-0.2, 0) is 0 Å². The molecule has 0 aromatic carbocycles. The Morgan fingerprint density at radius 1 is 1.33 bits per heavy atom. The molecule has 2 atom stereocenters. The fourth-order valence-electron chi connectivity index (χ4n) is 3.49. The van der Waals surface area contributed by atoms with Gasteiger partial charge >= 0.3 is 0 Å². The number of likely N-dealkylation sites (tertiary alicyclic amines) is 1. The van der Waals surface area contributed by atoms with Crippen molar-refractivity contribution in [1.29, 1.82) is 0 Å². The number of nitrogens with zero attached hydrogens (tertiary/aromatic N) is 2. The molecule has 0 saturated carbocycles. The van der Waals surface area contributed by atoms with Crippen LogP contribution >= 0.6 is 0 Å². The van der Waals surface area contributed by atoms with Crippen molar-refractivity contribution in [3.63, 3.8) is 0 Å². The maximum atomic E-state index is 9.71. The SMILES string of the molecule is CCCNC(C)(CO)CC(C)N1CCC(CN(C)C)CC1. The van der Waals surface area contributed by atoms with Crippen molar-refractivity contribution in [1.82, 2.24) is 15.1 Å². The predicted octanol–water partition coefficient (Wildman–Crippen LogP) is 1.79. The van der Waals surface area contributed by atoms with Crippen LogP contribution in [0.25, 0.3) is 0 Å². The summed E-state index contributed by atoms with van der Waals surface area (Å²) >= 11 is 0. The normalized spacial score (nSPS) is 22.4. The zero-order valence-electron chi connectivity index (χ0n) is 14.9. The van der Waals surface area contributed by atoms with E-state index in [2.05, 4.69) is 50.0 Å². The lowest BCUT2D eigenvalue weighted by atomic mass is 9.90. The molecule has 21 heavy (non-hydrogen) atoms. The summed E-state index contributed by atoms with van der Waals surface area (Å²) in [7, 11) is 4.34. The molecule has 0 amide bonds. The first-order chi connectivity index (χ1) is 9.90. The third-order valence-electron chi connectivity index (χ3n) is 4.79. The van der Waals surface area contributed by atoms with Crippen LogP contribution in [0.4, 0.5) is 0 Å². The summed E-state index contributed by atoms with van der Waals surface area (Å²) in [5, 5.41) is 13.2. The molecule has 2 N–H and O–H groups in total. The number of piperidine rings is 1. The second-order valence-electron chi connectivity index (χ2n) is 7.44. The Morgan fingerprint density at radius 2 is 1.95 bits per heavy atom. The Hall–Kier alpha value is -0.160. The highest BCUT2D eigenvalue weighted by Crippen LogP contribution is 2.23. The predicted molar refractivity (Wildman–Crippen MR) is 90.7 cm³/mol. The molecule has 1 rings (SSSR count). The van der Waals surface area contributed by atoms with Crippen LogP contribution < -0.4 is 5.32 Å². The van der Waals surface area contributed by atoms with Crippen LogP contribution in [0.15, 0.2) is 0 Å². The molecule has 1 aliphatic rings. The zero-order valence-corrected chi connectivity index (χ0v) is 14.9. The lowest BCUT2D eigenvalue weighted by Crippen LogP contribution is -2.52. The van der Waals surface area contributed by atoms with Gasteiger partial charge in [0.15, 0.2) is 0 Å². The number of aliphatic hydroxyl groups is 1. The number of hydrogen-bond acceptors (Lipinski definition) is 4. The van der Waals surface area contributed by atoms with Crippen molar-refractivity contribution in [2.24, 2.45) is 5.92 Å². The van der Waals surface area contributed by atoms with Gasteiger partial charge in [-0.25, -0.2) is 0 Å². The fourth-order valence-corrected chi connectivity index (χ4v) is 3.49. The summed E-state index contributed by atoms with van der Waals surface area (Å²) in [5.41, 5.74) is -0.143. The van der Waals surface area contributed by atoms with Crippen molar-refractivity contribution >= 4 is 0 Å². The molecule has 0 aliphatic carbocycles. The van der Waals surface area contributed by atoms with Crippen molar-refractivity contribution in [2.75, 3.05) is 46.9 Å². The van der Waals surface area contributed by atoms with Gasteiger partial charge in [0, 0.05) is 18.1 Å². The minimum Gasteiger partial charge on any atom is -0.394 e. The molecule has 2 unspecified atom stereocenters. The third kappa shape index (κ3) is 6.64. The van der Waals surface area contributed by atoms with Crippen LogP contribution in [0, 0.1) is 5.92 Å². The molecular weight excluding hydrogens is 262 g/mol. The maximum Gasteiger partial charge on any atom is 0.0611 e. The van der Waals surface area contributed by atoms with Gasteiger partial charge < -0.3 is 20.2 Å². The van der Waals surface area contributed by atoms with Gasteiger partial charge in [-0.3, -0.25) is 0 Å². The van der Waals surface area contributed by atoms with E-state index >= 15 is 0 Å². The second kappa shape index (κ2) is 9.09. The summed E-state index contributed by atoms with van der Waals surface area (Å²) in [6, 6.07) is 0.534. The van der Waals surface area contributed by atoms with E-state index in [1.165, 1.54) is 32.5 Å². The topological polar surface area (TPSA) is 38.7 Å². The highest BCUT2D eigenvalue weighted by atomic mass is 16.3. The Balaban J connectivity index is 2.40. The molecule has 0 aromatic heterocycles. The summed E-state index contributed by atoms with van der Waals surface area (Å²) < 4.78 is 0. The van der Waals surface area contributed by atoms with Gasteiger partial charge in [0.05, 0.1) is 6.61 Å². The quantitative estimate of drug-likeness (QED) is 0.681. The molecule has 1 aliphatic heterocycles. The Kier molecular flexibility index (Phi) is 8.17. The van der Waals surface area contributed by atoms with Crippen molar-refractivity contribution < 1.29 is 5.11 Å². The first kappa shape index (κ1) is 18.9. The molecule has 1 heterocycles.